The molecule has 0 fully saturated rings. The Kier molecular flexibility index (Phi) is 5.55. The average molecular weight is 302 g/mol. The van der Waals surface area contributed by atoms with Gasteiger partial charge in [0.25, 0.3) is 0 Å². The number of amides is 2. The van der Waals surface area contributed by atoms with Crippen molar-refractivity contribution in [3.05, 3.63) is 42.1 Å². The molecule has 1 N–H and O–H groups in total. The van der Waals surface area contributed by atoms with Crippen LogP contribution >= 0.6 is 0 Å². The minimum absolute atomic E-state index is 0.159. The Morgan fingerprint density at radius 3 is 2.77 bits per heavy atom. The Morgan fingerprint density at radius 1 is 1.36 bits per heavy atom. The lowest BCUT2D eigenvalue weighted by molar-refractivity contribution is 0.179. The van der Waals surface area contributed by atoms with E-state index in [1.165, 1.54) is 0 Å². The van der Waals surface area contributed by atoms with Crippen LogP contribution in [0, 0.1) is 6.92 Å². The van der Waals surface area contributed by atoms with Gasteiger partial charge in [-0.3, -0.25) is 5.32 Å². The predicted octanol–water partition coefficient (Wildman–Crippen LogP) is 2.68. The number of ether oxygens (including phenoxy) is 1. The second kappa shape index (κ2) is 7.61. The van der Waals surface area contributed by atoms with Crippen molar-refractivity contribution in [1.82, 2.24) is 14.7 Å². The number of para-hydroxylation sites is 1. The zero-order valence-corrected chi connectivity index (χ0v) is 13.2. The number of carbonyl (C=O) groups excluding carboxylic acids is 1. The van der Waals surface area contributed by atoms with Gasteiger partial charge in [-0.1, -0.05) is 18.2 Å². The quantitative estimate of drug-likeness (QED) is 0.835. The standard InChI is InChI=1S/C16H22N4O2/c1-13-12-15(17-16(21)19(2)10-7-11-22-3)20(18-13)14-8-5-4-6-9-14/h4-6,8-9,12H,7,10-11H2,1-3H3,(H,17,21). The van der Waals surface area contributed by atoms with Crippen LogP contribution in [0.25, 0.3) is 5.69 Å². The van der Waals surface area contributed by atoms with Gasteiger partial charge in [0.15, 0.2) is 0 Å². The average Bonchev–Trinajstić information content (AvgIpc) is 2.88. The third-order valence-corrected chi connectivity index (χ3v) is 3.26. The molecule has 2 amide bonds. The fourth-order valence-corrected chi connectivity index (χ4v) is 2.11. The van der Waals surface area contributed by atoms with Gasteiger partial charge in [0, 0.05) is 33.4 Å². The minimum atomic E-state index is -0.159. The highest BCUT2D eigenvalue weighted by Gasteiger charge is 2.13. The molecule has 2 rings (SSSR count). The number of benzene rings is 1. The van der Waals surface area contributed by atoms with Gasteiger partial charge in [-0.15, -0.1) is 0 Å². The Balaban J connectivity index is 2.08. The molecule has 6 heteroatoms. The van der Waals surface area contributed by atoms with Crippen LogP contribution in [0.4, 0.5) is 10.6 Å². The van der Waals surface area contributed by atoms with E-state index in [-0.39, 0.29) is 6.03 Å². The van der Waals surface area contributed by atoms with Gasteiger partial charge in [-0.2, -0.15) is 5.10 Å². The van der Waals surface area contributed by atoms with Crippen molar-refractivity contribution in [3.8, 4) is 5.69 Å². The number of aromatic nitrogens is 2. The zero-order chi connectivity index (χ0) is 15.9. The highest BCUT2D eigenvalue weighted by Crippen LogP contribution is 2.17. The van der Waals surface area contributed by atoms with Gasteiger partial charge in [0.2, 0.25) is 0 Å². The van der Waals surface area contributed by atoms with Crippen molar-refractivity contribution in [3.63, 3.8) is 0 Å². The van der Waals surface area contributed by atoms with Crippen LogP contribution in [0.5, 0.6) is 0 Å². The molecule has 0 aliphatic carbocycles. The highest BCUT2D eigenvalue weighted by molar-refractivity contribution is 5.88. The maximum atomic E-state index is 12.2. The largest absolute Gasteiger partial charge is 0.385 e. The summed E-state index contributed by atoms with van der Waals surface area (Å²) in [5, 5.41) is 7.34. The van der Waals surface area contributed by atoms with Crippen LogP contribution in [-0.4, -0.2) is 48.0 Å². The zero-order valence-electron chi connectivity index (χ0n) is 13.2. The molecule has 22 heavy (non-hydrogen) atoms. The van der Waals surface area contributed by atoms with Crippen LogP contribution in [0.1, 0.15) is 12.1 Å². The second-order valence-electron chi connectivity index (χ2n) is 5.12. The van der Waals surface area contributed by atoms with Crippen molar-refractivity contribution in [1.29, 1.82) is 0 Å². The molecule has 0 saturated carbocycles. The highest BCUT2D eigenvalue weighted by atomic mass is 16.5. The molecule has 0 radical (unpaired) electrons. The SMILES string of the molecule is COCCCN(C)C(=O)Nc1cc(C)nn1-c1ccccc1. The smallest absolute Gasteiger partial charge is 0.322 e. The van der Waals surface area contributed by atoms with Gasteiger partial charge in [-0.25, -0.2) is 9.48 Å². The number of urea groups is 1. The van der Waals surface area contributed by atoms with Gasteiger partial charge in [0.1, 0.15) is 5.82 Å². The van der Waals surface area contributed by atoms with E-state index in [0.29, 0.717) is 19.0 Å². The number of rotatable bonds is 6. The first-order valence-electron chi connectivity index (χ1n) is 7.25. The maximum absolute atomic E-state index is 12.2. The summed E-state index contributed by atoms with van der Waals surface area (Å²) in [5.41, 5.74) is 1.76. The first-order valence-corrected chi connectivity index (χ1v) is 7.25. The molecular weight excluding hydrogens is 280 g/mol. The molecule has 0 unspecified atom stereocenters. The van der Waals surface area contributed by atoms with Crippen LogP contribution in [0.3, 0.4) is 0 Å². The van der Waals surface area contributed by atoms with Crippen molar-refractivity contribution in [2.75, 3.05) is 32.6 Å². The molecule has 1 heterocycles. The fraction of sp³-hybridized carbons (Fsp3) is 0.375. The Bertz CT molecular complexity index is 610. The number of aryl methyl sites for hydroxylation is 1. The monoisotopic (exact) mass is 302 g/mol. The molecule has 0 aliphatic heterocycles. The van der Waals surface area contributed by atoms with E-state index in [2.05, 4.69) is 10.4 Å². The second-order valence-corrected chi connectivity index (χ2v) is 5.12. The summed E-state index contributed by atoms with van der Waals surface area (Å²) in [6.07, 6.45) is 0.803. The van der Waals surface area contributed by atoms with Crippen LogP contribution in [0.15, 0.2) is 36.4 Å². The summed E-state index contributed by atoms with van der Waals surface area (Å²) in [4.78, 5) is 13.9. The first-order chi connectivity index (χ1) is 10.6. The van der Waals surface area contributed by atoms with E-state index >= 15 is 0 Å². The lowest BCUT2D eigenvalue weighted by Crippen LogP contribution is -2.33. The summed E-state index contributed by atoms with van der Waals surface area (Å²) in [7, 11) is 3.42. The van der Waals surface area contributed by atoms with Gasteiger partial charge >= 0.3 is 6.03 Å². The topological polar surface area (TPSA) is 59.4 Å². The van der Waals surface area contributed by atoms with Crippen LogP contribution in [-0.2, 0) is 4.74 Å². The molecule has 118 valence electrons. The maximum Gasteiger partial charge on any atom is 0.322 e. The predicted molar refractivity (Wildman–Crippen MR) is 86.4 cm³/mol. The van der Waals surface area contributed by atoms with Crippen LogP contribution < -0.4 is 5.32 Å². The number of hydrogen-bond acceptors (Lipinski definition) is 3. The van der Waals surface area contributed by atoms with E-state index in [9.17, 15) is 4.79 Å². The Hall–Kier alpha value is -2.34. The van der Waals surface area contributed by atoms with Crippen molar-refractivity contribution < 1.29 is 9.53 Å². The lowest BCUT2D eigenvalue weighted by atomic mass is 10.3. The van der Waals surface area contributed by atoms with Crippen molar-refractivity contribution in [2.24, 2.45) is 0 Å². The first kappa shape index (κ1) is 16.0. The molecule has 0 saturated heterocycles. The van der Waals surface area contributed by atoms with E-state index in [1.807, 2.05) is 43.3 Å². The Labute approximate surface area is 130 Å². The molecule has 2 aromatic rings. The van der Waals surface area contributed by atoms with E-state index < -0.39 is 0 Å². The molecule has 1 aromatic heterocycles. The van der Waals surface area contributed by atoms with Gasteiger partial charge in [-0.05, 0) is 25.5 Å². The molecule has 0 bridgehead atoms. The van der Waals surface area contributed by atoms with E-state index in [4.69, 9.17) is 4.74 Å². The molecule has 6 nitrogen and oxygen atoms in total. The number of carbonyl (C=O) groups is 1. The van der Waals surface area contributed by atoms with Gasteiger partial charge in [0.05, 0.1) is 11.4 Å². The molecular formula is C16H22N4O2. The molecule has 0 spiro atoms. The summed E-state index contributed by atoms with van der Waals surface area (Å²) < 4.78 is 6.73. The molecule has 0 aliphatic rings. The third kappa shape index (κ3) is 4.08. The van der Waals surface area contributed by atoms with E-state index in [0.717, 1.165) is 17.8 Å². The fourth-order valence-electron chi connectivity index (χ4n) is 2.11. The summed E-state index contributed by atoms with van der Waals surface area (Å²) in [6, 6.07) is 11.4. The normalized spacial score (nSPS) is 10.5. The van der Waals surface area contributed by atoms with E-state index in [1.54, 1.807) is 23.7 Å². The number of anilines is 1. The molecule has 1 aromatic carbocycles. The number of hydrogen-bond donors (Lipinski definition) is 1. The lowest BCUT2D eigenvalue weighted by Gasteiger charge is -2.18. The summed E-state index contributed by atoms with van der Waals surface area (Å²) in [5.74, 6) is 0.660. The summed E-state index contributed by atoms with van der Waals surface area (Å²) in [6.45, 7) is 3.17. The number of methoxy groups -OCH3 is 1. The third-order valence-electron chi connectivity index (χ3n) is 3.26. The number of nitrogens with one attached hydrogen (secondary N) is 1. The summed E-state index contributed by atoms with van der Waals surface area (Å²) >= 11 is 0. The Morgan fingerprint density at radius 2 is 2.09 bits per heavy atom. The number of nitrogens with zero attached hydrogens (tertiary/aromatic N) is 3. The van der Waals surface area contributed by atoms with Crippen LogP contribution in [0.2, 0.25) is 0 Å². The minimum Gasteiger partial charge on any atom is -0.385 e. The molecule has 0 atom stereocenters. The van der Waals surface area contributed by atoms with Crippen molar-refractivity contribution in [2.45, 2.75) is 13.3 Å². The van der Waals surface area contributed by atoms with Gasteiger partial charge < -0.3 is 9.64 Å². The van der Waals surface area contributed by atoms with Crippen molar-refractivity contribution >= 4 is 11.8 Å².